The van der Waals surface area contributed by atoms with Crippen LogP contribution in [0.1, 0.15) is 18.4 Å². The van der Waals surface area contributed by atoms with Crippen LogP contribution in [0.15, 0.2) is 24.3 Å². The van der Waals surface area contributed by atoms with Gasteiger partial charge in [-0.05, 0) is 37.1 Å². The summed E-state index contributed by atoms with van der Waals surface area (Å²) in [4.78, 5) is 0. The first-order chi connectivity index (χ1) is 8.01. The maximum atomic E-state index is 10.6. The number of sulfonamides is 1. The molecule has 0 aliphatic heterocycles. The Bertz CT molecular complexity index is 488. The van der Waals surface area contributed by atoms with Gasteiger partial charge in [-0.25, -0.2) is 13.6 Å². The van der Waals surface area contributed by atoms with Crippen molar-refractivity contribution in [3.05, 3.63) is 29.8 Å². The lowest BCUT2D eigenvalue weighted by molar-refractivity contribution is 0.309. The molecule has 0 saturated heterocycles. The van der Waals surface area contributed by atoms with Crippen LogP contribution in [0.25, 0.3) is 0 Å². The number of nitrogens with zero attached hydrogens (tertiary/aromatic N) is 1. The molecular formula is C11H14N2O3S. The first-order valence-electron chi connectivity index (χ1n) is 5.15. The maximum absolute atomic E-state index is 10.6. The van der Waals surface area contributed by atoms with E-state index in [-0.39, 0.29) is 5.75 Å². The molecule has 0 atom stereocenters. The van der Waals surface area contributed by atoms with Gasteiger partial charge in [0.25, 0.3) is 0 Å². The zero-order chi connectivity index (χ0) is 12.7. The van der Waals surface area contributed by atoms with Crippen molar-refractivity contribution in [2.75, 3.05) is 12.4 Å². The van der Waals surface area contributed by atoms with Gasteiger partial charge in [0.05, 0.1) is 24.0 Å². The molecule has 0 amide bonds. The van der Waals surface area contributed by atoms with Gasteiger partial charge in [0.2, 0.25) is 10.0 Å². The third-order valence-electron chi connectivity index (χ3n) is 2.08. The van der Waals surface area contributed by atoms with Crippen LogP contribution >= 0.6 is 0 Å². The van der Waals surface area contributed by atoms with Gasteiger partial charge in [0, 0.05) is 0 Å². The van der Waals surface area contributed by atoms with Crippen LogP contribution < -0.4 is 9.88 Å². The van der Waals surface area contributed by atoms with Gasteiger partial charge < -0.3 is 4.74 Å². The number of rotatable bonds is 6. The van der Waals surface area contributed by atoms with Gasteiger partial charge in [0.15, 0.2) is 0 Å². The van der Waals surface area contributed by atoms with Crippen molar-refractivity contribution >= 4 is 10.0 Å². The molecule has 0 aliphatic carbocycles. The van der Waals surface area contributed by atoms with E-state index in [0.29, 0.717) is 30.8 Å². The van der Waals surface area contributed by atoms with E-state index in [9.17, 15) is 8.42 Å². The number of hydrogen-bond donors (Lipinski definition) is 1. The monoisotopic (exact) mass is 254 g/mol. The summed E-state index contributed by atoms with van der Waals surface area (Å²) in [5, 5.41) is 13.5. The molecule has 92 valence electrons. The Morgan fingerprint density at radius 3 is 2.41 bits per heavy atom. The second-order valence-corrected chi connectivity index (χ2v) is 5.29. The van der Waals surface area contributed by atoms with Gasteiger partial charge in [-0.3, -0.25) is 0 Å². The molecule has 0 bridgehead atoms. The van der Waals surface area contributed by atoms with Gasteiger partial charge in [-0.15, -0.1) is 0 Å². The molecule has 0 aromatic heterocycles. The van der Waals surface area contributed by atoms with E-state index >= 15 is 0 Å². The number of ether oxygens (including phenoxy) is 1. The highest BCUT2D eigenvalue weighted by molar-refractivity contribution is 7.89. The molecule has 17 heavy (non-hydrogen) atoms. The summed E-state index contributed by atoms with van der Waals surface area (Å²) in [5.74, 6) is 0.642. The standard InChI is InChI=1S/C11H14N2O3S/c12-9-10-3-5-11(6-4-10)16-7-1-2-8-17(13,14)15/h3-6H,1-2,7-8H2,(H2,13,14,15). The van der Waals surface area contributed by atoms with Crippen LogP contribution in [0.5, 0.6) is 5.75 Å². The Morgan fingerprint density at radius 1 is 1.24 bits per heavy atom. The zero-order valence-corrected chi connectivity index (χ0v) is 10.1. The van der Waals surface area contributed by atoms with Crippen LogP contribution in [0.4, 0.5) is 0 Å². The van der Waals surface area contributed by atoms with Gasteiger partial charge in [0.1, 0.15) is 5.75 Å². The van der Waals surface area contributed by atoms with Crippen molar-refractivity contribution in [1.29, 1.82) is 5.26 Å². The molecule has 5 nitrogen and oxygen atoms in total. The molecule has 6 heteroatoms. The van der Waals surface area contributed by atoms with Crippen LogP contribution in [-0.4, -0.2) is 20.8 Å². The molecular weight excluding hydrogens is 240 g/mol. The summed E-state index contributed by atoms with van der Waals surface area (Å²) in [7, 11) is -3.37. The van der Waals surface area contributed by atoms with Crippen molar-refractivity contribution in [3.8, 4) is 11.8 Å². The molecule has 1 aromatic rings. The molecule has 2 N–H and O–H groups in total. The third-order valence-corrected chi connectivity index (χ3v) is 2.93. The summed E-state index contributed by atoms with van der Waals surface area (Å²) >= 11 is 0. The average molecular weight is 254 g/mol. The maximum Gasteiger partial charge on any atom is 0.209 e. The second kappa shape index (κ2) is 6.23. The van der Waals surface area contributed by atoms with Crippen LogP contribution in [0.2, 0.25) is 0 Å². The summed E-state index contributed by atoms with van der Waals surface area (Å²) in [6.07, 6.45) is 1.10. The van der Waals surface area contributed by atoms with E-state index in [4.69, 9.17) is 15.1 Å². The Balaban J connectivity index is 2.25. The normalized spacial score (nSPS) is 10.8. The minimum atomic E-state index is -3.37. The number of nitriles is 1. The molecule has 0 heterocycles. The molecule has 0 radical (unpaired) electrons. The molecule has 0 spiro atoms. The minimum Gasteiger partial charge on any atom is -0.494 e. The fourth-order valence-electron chi connectivity index (χ4n) is 1.22. The first-order valence-corrected chi connectivity index (χ1v) is 6.86. The van der Waals surface area contributed by atoms with Crippen molar-refractivity contribution in [2.45, 2.75) is 12.8 Å². The van der Waals surface area contributed by atoms with E-state index < -0.39 is 10.0 Å². The van der Waals surface area contributed by atoms with Gasteiger partial charge >= 0.3 is 0 Å². The van der Waals surface area contributed by atoms with Crippen LogP contribution in [-0.2, 0) is 10.0 Å². The Labute approximate surface area is 101 Å². The van der Waals surface area contributed by atoms with E-state index in [1.807, 2.05) is 6.07 Å². The Morgan fingerprint density at radius 2 is 1.88 bits per heavy atom. The Hall–Kier alpha value is -1.58. The fraction of sp³-hybridized carbons (Fsp3) is 0.364. The van der Waals surface area contributed by atoms with Crippen LogP contribution in [0.3, 0.4) is 0 Å². The van der Waals surface area contributed by atoms with Gasteiger partial charge in [-0.2, -0.15) is 5.26 Å². The SMILES string of the molecule is N#Cc1ccc(OCCCCS(N)(=O)=O)cc1. The highest BCUT2D eigenvalue weighted by atomic mass is 32.2. The lowest BCUT2D eigenvalue weighted by Gasteiger charge is -2.05. The van der Waals surface area contributed by atoms with E-state index in [2.05, 4.69) is 0 Å². The highest BCUT2D eigenvalue weighted by Gasteiger charge is 2.01. The predicted octanol–water partition coefficient (Wildman–Crippen LogP) is 1.01. The summed E-state index contributed by atoms with van der Waals surface area (Å²) in [6.45, 7) is 0.432. The number of hydrogen-bond acceptors (Lipinski definition) is 4. The fourth-order valence-corrected chi connectivity index (χ4v) is 1.83. The molecule has 1 rings (SSSR count). The molecule has 0 aliphatic rings. The third kappa shape index (κ3) is 5.90. The number of unbranched alkanes of at least 4 members (excludes halogenated alkanes) is 1. The smallest absolute Gasteiger partial charge is 0.209 e. The van der Waals surface area contributed by atoms with E-state index in [1.165, 1.54) is 0 Å². The van der Waals surface area contributed by atoms with Crippen molar-refractivity contribution in [2.24, 2.45) is 5.14 Å². The summed E-state index contributed by atoms with van der Waals surface area (Å²) in [5.41, 5.74) is 0.576. The number of primary sulfonamides is 1. The quantitative estimate of drug-likeness (QED) is 0.766. The highest BCUT2D eigenvalue weighted by Crippen LogP contribution is 2.11. The summed E-state index contributed by atoms with van der Waals surface area (Å²) in [6, 6.07) is 8.76. The van der Waals surface area contributed by atoms with E-state index in [1.54, 1.807) is 24.3 Å². The summed E-state index contributed by atoms with van der Waals surface area (Å²) < 4.78 is 26.7. The van der Waals surface area contributed by atoms with Crippen LogP contribution in [0, 0.1) is 11.3 Å². The zero-order valence-electron chi connectivity index (χ0n) is 9.30. The van der Waals surface area contributed by atoms with Crippen molar-refractivity contribution < 1.29 is 13.2 Å². The number of nitrogens with two attached hydrogens (primary N) is 1. The second-order valence-electron chi connectivity index (χ2n) is 3.56. The lowest BCUT2D eigenvalue weighted by atomic mass is 10.2. The first kappa shape index (κ1) is 13.5. The van der Waals surface area contributed by atoms with Gasteiger partial charge in [-0.1, -0.05) is 0 Å². The minimum absolute atomic E-state index is 0.0241. The molecule has 0 unspecified atom stereocenters. The Kier molecular flexibility index (Phi) is 4.94. The predicted molar refractivity (Wildman–Crippen MR) is 63.9 cm³/mol. The van der Waals surface area contributed by atoms with Crippen molar-refractivity contribution in [1.82, 2.24) is 0 Å². The largest absolute Gasteiger partial charge is 0.494 e. The molecule has 0 fully saturated rings. The van der Waals surface area contributed by atoms with E-state index in [0.717, 1.165) is 0 Å². The molecule has 1 aromatic carbocycles. The number of benzene rings is 1. The average Bonchev–Trinajstić information content (AvgIpc) is 2.28. The van der Waals surface area contributed by atoms with Crippen molar-refractivity contribution in [3.63, 3.8) is 0 Å². The molecule has 0 saturated carbocycles. The lowest BCUT2D eigenvalue weighted by Crippen LogP contribution is -2.16. The topological polar surface area (TPSA) is 93.2 Å².